The van der Waals surface area contributed by atoms with Crippen LogP contribution < -0.4 is 20.3 Å². The van der Waals surface area contributed by atoms with Crippen molar-refractivity contribution in [3.05, 3.63) is 54.6 Å². The maximum atomic E-state index is 12.2. The van der Waals surface area contributed by atoms with Gasteiger partial charge in [0.15, 0.2) is 6.61 Å². The predicted molar refractivity (Wildman–Crippen MR) is 99.3 cm³/mol. The van der Waals surface area contributed by atoms with Gasteiger partial charge in [0.05, 0.1) is 0 Å². The van der Waals surface area contributed by atoms with E-state index in [1.165, 1.54) is 18.2 Å². The summed E-state index contributed by atoms with van der Waals surface area (Å²) in [6.07, 6.45) is -3.67. The average molecular weight is 381 g/mol. The third-order valence-corrected chi connectivity index (χ3v) is 3.65. The zero-order chi connectivity index (χ0) is 19.7. The number of carbonyl (C=O) groups excluding carboxylic acids is 1. The maximum absolute atomic E-state index is 12.2. The van der Waals surface area contributed by atoms with Gasteiger partial charge < -0.3 is 20.3 Å². The number of halogens is 3. The van der Waals surface area contributed by atoms with Gasteiger partial charge >= 0.3 is 12.2 Å². The Labute approximate surface area is 156 Å². The first-order valence-corrected chi connectivity index (χ1v) is 8.44. The van der Waals surface area contributed by atoms with Crippen molar-refractivity contribution in [2.45, 2.75) is 12.6 Å². The molecule has 146 valence electrons. The van der Waals surface area contributed by atoms with Crippen molar-refractivity contribution in [3.63, 3.8) is 0 Å². The minimum Gasteiger partial charge on any atom is -0.484 e. The second-order valence-electron chi connectivity index (χ2n) is 5.92. The fraction of sp³-hybridized carbons (Fsp3) is 0.316. The van der Waals surface area contributed by atoms with Gasteiger partial charge in [0.25, 0.3) is 0 Å². The summed E-state index contributed by atoms with van der Waals surface area (Å²) in [6.45, 7) is -0.143. The van der Waals surface area contributed by atoms with E-state index >= 15 is 0 Å². The Morgan fingerprint density at radius 2 is 1.85 bits per heavy atom. The van der Waals surface area contributed by atoms with Crippen LogP contribution in [0.5, 0.6) is 5.75 Å². The number of carbonyl (C=O) groups is 1. The summed E-state index contributed by atoms with van der Waals surface area (Å²) in [5.74, 6) is 0.0367. The number of amides is 2. The molecule has 8 heteroatoms. The van der Waals surface area contributed by atoms with Crippen molar-refractivity contribution < 1.29 is 22.7 Å². The zero-order valence-corrected chi connectivity index (χ0v) is 14.9. The molecule has 2 aromatic rings. The molecule has 0 aliphatic carbocycles. The van der Waals surface area contributed by atoms with E-state index in [1.807, 2.05) is 37.4 Å². The molecule has 0 spiro atoms. The molecule has 27 heavy (non-hydrogen) atoms. The molecule has 2 amide bonds. The molecule has 2 aromatic carbocycles. The number of alkyl halides is 3. The van der Waals surface area contributed by atoms with Gasteiger partial charge in [-0.25, -0.2) is 4.79 Å². The Bertz CT molecular complexity index is 724. The Balaban J connectivity index is 1.71. The molecular weight excluding hydrogens is 359 g/mol. The molecule has 0 saturated carbocycles. The van der Waals surface area contributed by atoms with Crippen LogP contribution in [0, 0.1) is 0 Å². The lowest BCUT2D eigenvalue weighted by Crippen LogP contribution is -2.31. The van der Waals surface area contributed by atoms with Gasteiger partial charge in [0.2, 0.25) is 0 Å². The van der Waals surface area contributed by atoms with Crippen LogP contribution in [-0.2, 0) is 0 Å². The molecule has 5 nitrogen and oxygen atoms in total. The molecule has 0 bridgehead atoms. The van der Waals surface area contributed by atoms with Gasteiger partial charge in [-0.3, -0.25) is 0 Å². The molecule has 2 N–H and O–H groups in total. The summed E-state index contributed by atoms with van der Waals surface area (Å²) >= 11 is 0. The number of nitrogens with one attached hydrogen (secondary N) is 2. The van der Waals surface area contributed by atoms with Crippen LogP contribution in [0.4, 0.5) is 29.3 Å². The maximum Gasteiger partial charge on any atom is 0.422 e. The molecule has 0 fully saturated rings. The largest absolute Gasteiger partial charge is 0.484 e. The lowest BCUT2D eigenvalue weighted by molar-refractivity contribution is -0.153. The van der Waals surface area contributed by atoms with Crippen LogP contribution in [0.1, 0.15) is 6.42 Å². The SMILES string of the molecule is CN(CCCNC(=O)Nc1cccc(OCC(F)(F)F)c1)c1ccccc1. The molecule has 0 unspecified atom stereocenters. The first-order chi connectivity index (χ1) is 12.8. The van der Waals surface area contributed by atoms with Crippen LogP contribution in [0.25, 0.3) is 0 Å². The van der Waals surface area contributed by atoms with Crippen molar-refractivity contribution in [2.24, 2.45) is 0 Å². The third-order valence-electron chi connectivity index (χ3n) is 3.65. The van der Waals surface area contributed by atoms with E-state index in [2.05, 4.69) is 20.3 Å². The average Bonchev–Trinajstić information content (AvgIpc) is 2.64. The number of nitrogens with zero attached hydrogens (tertiary/aromatic N) is 1. The monoisotopic (exact) mass is 381 g/mol. The normalized spacial score (nSPS) is 11.0. The number of hydrogen-bond acceptors (Lipinski definition) is 3. The molecule has 0 atom stereocenters. The summed E-state index contributed by atoms with van der Waals surface area (Å²) in [5.41, 5.74) is 1.45. The van der Waals surface area contributed by atoms with Crippen LogP contribution in [0.2, 0.25) is 0 Å². The first-order valence-electron chi connectivity index (χ1n) is 8.44. The number of anilines is 2. The highest BCUT2D eigenvalue weighted by molar-refractivity contribution is 5.89. The Hall–Kier alpha value is -2.90. The van der Waals surface area contributed by atoms with Crippen molar-refractivity contribution in [1.29, 1.82) is 0 Å². The van der Waals surface area contributed by atoms with Crippen LogP contribution in [0.15, 0.2) is 54.6 Å². The molecule has 2 rings (SSSR count). The van der Waals surface area contributed by atoms with Crippen LogP contribution in [-0.4, -0.2) is 39.0 Å². The fourth-order valence-corrected chi connectivity index (χ4v) is 2.33. The Morgan fingerprint density at radius 3 is 2.56 bits per heavy atom. The number of rotatable bonds is 8. The number of hydrogen-bond donors (Lipinski definition) is 2. The number of urea groups is 1. The van der Waals surface area contributed by atoms with E-state index in [4.69, 9.17) is 0 Å². The van der Waals surface area contributed by atoms with Crippen LogP contribution >= 0.6 is 0 Å². The second-order valence-corrected chi connectivity index (χ2v) is 5.92. The predicted octanol–water partition coefficient (Wildman–Crippen LogP) is 4.28. The summed E-state index contributed by atoms with van der Waals surface area (Å²) in [6, 6.07) is 15.3. The van der Waals surface area contributed by atoms with Crippen LogP contribution in [0.3, 0.4) is 0 Å². The van der Waals surface area contributed by atoms with Crippen molar-refractivity contribution in [2.75, 3.05) is 37.0 Å². The highest BCUT2D eigenvalue weighted by Crippen LogP contribution is 2.21. The number of benzene rings is 2. The van der Waals surface area contributed by atoms with E-state index in [-0.39, 0.29) is 5.75 Å². The third kappa shape index (κ3) is 7.89. The fourth-order valence-electron chi connectivity index (χ4n) is 2.33. The van der Waals surface area contributed by atoms with Gasteiger partial charge in [-0.1, -0.05) is 24.3 Å². The molecular formula is C19H22F3N3O2. The zero-order valence-electron chi connectivity index (χ0n) is 14.9. The molecule has 0 aliphatic rings. The highest BCUT2D eigenvalue weighted by Gasteiger charge is 2.28. The van der Waals surface area contributed by atoms with E-state index < -0.39 is 18.8 Å². The van der Waals surface area contributed by atoms with Gasteiger partial charge in [0, 0.05) is 37.6 Å². The van der Waals surface area contributed by atoms with Gasteiger partial charge in [-0.2, -0.15) is 13.2 Å². The number of ether oxygens (including phenoxy) is 1. The van der Waals surface area contributed by atoms with E-state index in [0.29, 0.717) is 12.2 Å². The Morgan fingerprint density at radius 1 is 1.11 bits per heavy atom. The lowest BCUT2D eigenvalue weighted by Gasteiger charge is -2.19. The standard InChI is InChI=1S/C19H22F3N3O2/c1-25(16-8-3-2-4-9-16)12-6-11-23-18(26)24-15-7-5-10-17(13-15)27-14-19(20,21)22/h2-5,7-10,13H,6,11-12,14H2,1H3,(H2,23,24,26). The van der Waals surface area contributed by atoms with E-state index in [0.717, 1.165) is 18.7 Å². The second kappa shape index (κ2) is 9.70. The van der Waals surface area contributed by atoms with E-state index in [9.17, 15) is 18.0 Å². The van der Waals surface area contributed by atoms with Gasteiger partial charge in [-0.15, -0.1) is 0 Å². The lowest BCUT2D eigenvalue weighted by atomic mass is 10.3. The first kappa shape index (κ1) is 20.4. The molecule has 0 heterocycles. The molecule has 0 saturated heterocycles. The summed E-state index contributed by atoms with van der Waals surface area (Å²) in [5, 5.41) is 5.29. The highest BCUT2D eigenvalue weighted by atomic mass is 19.4. The molecule has 0 aromatic heterocycles. The summed E-state index contributed by atoms with van der Waals surface area (Å²) in [7, 11) is 1.97. The topological polar surface area (TPSA) is 53.6 Å². The minimum atomic E-state index is -4.41. The Kier molecular flexibility index (Phi) is 7.34. The quantitative estimate of drug-likeness (QED) is 0.672. The summed E-state index contributed by atoms with van der Waals surface area (Å²) in [4.78, 5) is 14.0. The summed E-state index contributed by atoms with van der Waals surface area (Å²) < 4.78 is 41.2. The van der Waals surface area contributed by atoms with E-state index in [1.54, 1.807) is 6.07 Å². The smallest absolute Gasteiger partial charge is 0.422 e. The van der Waals surface area contributed by atoms with Crippen molar-refractivity contribution in [3.8, 4) is 5.75 Å². The van der Waals surface area contributed by atoms with Gasteiger partial charge in [-0.05, 0) is 30.7 Å². The van der Waals surface area contributed by atoms with Crippen molar-refractivity contribution in [1.82, 2.24) is 5.32 Å². The molecule has 0 aliphatic heterocycles. The van der Waals surface area contributed by atoms with Gasteiger partial charge in [0.1, 0.15) is 5.75 Å². The molecule has 0 radical (unpaired) electrons. The minimum absolute atomic E-state index is 0.0367. The number of para-hydroxylation sites is 1. The van der Waals surface area contributed by atoms with Crippen molar-refractivity contribution >= 4 is 17.4 Å².